The fourth-order valence-corrected chi connectivity index (χ4v) is 3.77. The lowest BCUT2D eigenvalue weighted by Crippen LogP contribution is -2.52. The van der Waals surface area contributed by atoms with Crippen LogP contribution in [0.4, 0.5) is 5.69 Å². The third kappa shape index (κ3) is 3.84. The highest BCUT2D eigenvalue weighted by molar-refractivity contribution is 5.94. The van der Waals surface area contributed by atoms with E-state index in [-0.39, 0.29) is 11.9 Å². The molecule has 0 bridgehead atoms. The van der Waals surface area contributed by atoms with E-state index in [0.29, 0.717) is 17.3 Å². The van der Waals surface area contributed by atoms with Crippen molar-refractivity contribution in [3.05, 3.63) is 40.3 Å². The van der Waals surface area contributed by atoms with E-state index in [1.807, 2.05) is 0 Å². The van der Waals surface area contributed by atoms with E-state index in [4.69, 9.17) is 5.53 Å². The van der Waals surface area contributed by atoms with Crippen molar-refractivity contribution in [1.82, 2.24) is 10.2 Å². The van der Waals surface area contributed by atoms with Crippen molar-refractivity contribution in [3.63, 3.8) is 0 Å². The number of rotatable bonds is 4. The number of carbonyl (C=O) groups excluding carboxylic acids is 1. The van der Waals surface area contributed by atoms with Crippen molar-refractivity contribution in [1.29, 1.82) is 0 Å². The van der Waals surface area contributed by atoms with Crippen LogP contribution < -0.4 is 5.32 Å². The first kappa shape index (κ1) is 15.8. The second-order valence-corrected chi connectivity index (χ2v) is 6.41. The Bertz CT molecular complexity index is 588. The Morgan fingerprint density at radius 2 is 1.83 bits per heavy atom. The summed E-state index contributed by atoms with van der Waals surface area (Å²) in [5, 5.41) is 6.76. The smallest absolute Gasteiger partial charge is 0.251 e. The molecule has 0 radical (unpaired) electrons. The Balaban J connectivity index is 1.66. The molecule has 2 aliphatic rings. The van der Waals surface area contributed by atoms with Gasteiger partial charge in [0.15, 0.2) is 0 Å². The molecule has 1 aliphatic heterocycles. The van der Waals surface area contributed by atoms with Crippen LogP contribution in [0.2, 0.25) is 0 Å². The molecule has 6 heteroatoms. The Kier molecular flexibility index (Phi) is 5.16. The number of hydrogen-bond donors (Lipinski definition) is 1. The summed E-state index contributed by atoms with van der Waals surface area (Å²) in [7, 11) is 0. The van der Waals surface area contributed by atoms with Gasteiger partial charge in [-0.3, -0.25) is 9.69 Å². The topological polar surface area (TPSA) is 81.1 Å². The zero-order valence-corrected chi connectivity index (χ0v) is 13.3. The fraction of sp³-hybridized carbons (Fsp3) is 0.588. The second kappa shape index (κ2) is 7.49. The quantitative estimate of drug-likeness (QED) is 0.521. The molecule has 1 aliphatic carbocycles. The van der Waals surface area contributed by atoms with E-state index in [1.165, 1.54) is 32.1 Å². The van der Waals surface area contributed by atoms with Crippen molar-refractivity contribution in [2.24, 2.45) is 5.11 Å². The van der Waals surface area contributed by atoms with Gasteiger partial charge in [-0.15, -0.1) is 0 Å². The van der Waals surface area contributed by atoms with Crippen molar-refractivity contribution in [2.75, 3.05) is 13.1 Å². The molecule has 1 saturated carbocycles. The molecule has 2 atom stereocenters. The van der Waals surface area contributed by atoms with Gasteiger partial charge in [-0.1, -0.05) is 30.1 Å². The van der Waals surface area contributed by atoms with Crippen LogP contribution in [0.5, 0.6) is 0 Å². The second-order valence-electron chi connectivity index (χ2n) is 6.41. The Labute approximate surface area is 136 Å². The van der Waals surface area contributed by atoms with Gasteiger partial charge in [0.05, 0.1) is 0 Å². The first-order valence-corrected chi connectivity index (χ1v) is 8.48. The van der Waals surface area contributed by atoms with E-state index in [0.717, 1.165) is 19.5 Å². The van der Waals surface area contributed by atoms with Crippen molar-refractivity contribution in [2.45, 2.75) is 50.6 Å². The summed E-state index contributed by atoms with van der Waals surface area (Å²) in [6.07, 6.45) is 7.24. The molecule has 0 spiro atoms. The van der Waals surface area contributed by atoms with Gasteiger partial charge in [0.1, 0.15) is 0 Å². The molecule has 1 N–H and O–H groups in total. The van der Waals surface area contributed by atoms with Crippen molar-refractivity contribution >= 4 is 11.6 Å². The molecule has 2 unspecified atom stereocenters. The number of likely N-dealkylation sites (tertiary alicyclic amines) is 1. The van der Waals surface area contributed by atoms with Crippen molar-refractivity contribution < 1.29 is 4.79 Å². The van der Waals surface area contributed by atoms with Crippen molar-refractivity contribution in [3.8, 4) is 0 Å². The predicted octanol–water partition coefficient (Wildman–Crippen LogP) is 3.77. The molecular weight excluding hydrogens is 290 g/mol. The molecule has 1 aromatic rings. The third-order valence-electron chi connectivity index (χ3n) is 4.95. The van der Waals surface area contributed by atoms with Crippen LogP contribution in [-0.2, 0) is 0 Å². The fourth-order valence-electron chi connectivity index (χ4n) is 3.77. The first-order chi connectivity index (χ1) is 11.3. The SMILES string of the molecule is [N-]=[N+]=Nc1ccc(C(=O)NC2CCCCC2N2CCCC2)cc1. The summed E-state index contributed by atoms with van der Waals surface area (Å²) in [6, 6.07) is 7.50. The number of benzene rings is 1. The number of carbonyl (C=O) groups is 1. The van der Waals surface area contributed by atoms with Crippen LogP contribution in [0.25, 0.3) is 10.4 Å². The molecule has 23 heavy (non-hydrogen) atoms. The normalized spacial score (nSPS) is 24.9. The van der Waals surface area contributed by atoms with Crippen LogP contribution in [0.15, 0.2) is 29.4 Å². The summed E-state index contributed by atoms with van der Waals surface area (Å²) < 4.78 is 0. The van der Waals surface area contributed by atoms with Crippen LogP contribution >= 0.6 is 0 Å². The molecule has 1 aromatic carbocycles. The van der Waals surface area contributed by atoms with Crippen LogP contribution in [-0.4, -0.2) is 36.0 Å². The van der Waals surface area contributed by atoms with Gasteiger partial charge in [-0.25, -0.2) is 0 Å². The highest BCUT2D eigenvalue weighted by Crippen LogP contribution is 2.26. The van der Waals surface area contributed by atoms with Gasteiger partial charge in [0.2, 0.25) is 0 Å². The number of hydrogen-bond acceptors (Lipinski definition) is 3. The van der Waals surface area contributed by atoms with E-state index >= 15 is 0 Å². The van der Waals surface area contributed by atoms with Gasteiger partial charge < -0.3 is 5.32 Å². The summed E-state index contributed by atoms with van der Waals surface area (Å²) in [6.45, 7) is 2.33. The summed E-state index contributed by atoms with van der Waals surface area (Å²) >= 11 is 0. The van der Waals surface area contributed by atoms with Gasteiger partial charge in [0, 0.05) is 28.2 Å². The number of azide groups is 1. The molecule has 1 amide bonds. The zero-order chi connectivity index (χ0) is 16.1. The molecule has 2 fully saturated rings. The average molecular weight is 313 g/mol. The predicted molar refractivity (Wildman–Crippen MR) is 89.6 cm³/mol. The molecule has 122 valence electrons. The minimum absolute atomic E-state index is 0.0337. The lowest BCUT2D eigenvalue weighted by molar-refractivity contribution is 0.0862. The molecular formula is C17H23N5O. The summed E-state index contributed by atoms with van der Waals surface area (Å²) in [5.74, 6) is -0.0337. The Morgan fingerprint density at radius 3 is 2.52 bits per heavy atom. The highest BCUT2D eigenvalue weighted by atomic mass is 16.1. The van der Waals surface area contributed by atoms with E-state index in [2.05, 4.69) is 20.2 Å². The maximum atomic E-state index is 12.5. The monoisotopic (exact) mass is 313 g/mol. The zero-order valence-electron chi connectivity index (χ0n) is 13.3. The Hall–Kier alpha value is -2.04. The minimum Gasteiger partial charge on any atom is -0.348 e. The average Bonchev–Trinajstić information content (AvgIpc) is 3.10. The Morgan fingerprint density at radius 1 is 1.13 bits per heavy atom. The minimum atomic E-state index is -0.0337. The molecule has 0 aromatic heterocycles. The van der Waals surface area contributed by atoms with Crippen LogP contribution in [0.3, 0.4) is 0 Å². The number of nitrogens with zero attached hydrogens (tertiary/aromatic N) is 4. The van der Waals surface area contributed by atoms with Gasteiger partial charge >= 0.3 is 0 Å². The largest absolute Gasteiger partial charge is 0.348 e. The maximum Gasteiger partial charge on any atom is 0.251 e. The number of amides is 1. The van der Waals surface area contributed by atoms with Gasteiger partial charge in [-0.2, -0.15) is 0 Å². The summed E-state index contributed by atoms with van der Waals surface area (Å²) in [5.41, 5.74) is 9.56. The summed E-state index contributed by atoms with van der Waals surface area (Å²) in [4.78, 5) is 17.8. The van der Waals surface area contributed by atoms with Gasteiger partial charge in [0.25, 0.3) is 5.91 Å². The highest BCUT2D eigenvalue weighted by Gasteiger charge is 2.32. The number of nitrogens with one attached hydrogen (secondary N) is 1. The standard InChI is InChI=1S/C17H23N5O/c18-21-20-14-9-7-13(8-10-14)17(23)19-15-5-1-2-6-16(15)22-11-3-4-12-22/h7-10,15-16H,1-6,11-12H2,(H,19,23). The molecule has 1 heterocycles. The van der Waals surface area contributed by atoms with E-state index in [9.17, 15) is 4.79 Å². The van der Waals surface area contributed by atoms with Crippen LogP contribution in [0.1, 0.15) is 48.9 Å². The van der Waals surface area contributed by atoms with E-state index in [1.54, 1.807) is 24.3 Å². The molecule has 6 nitrogen and oxygen atoms in total. The first-order valence-electron chi connectivity index (χ1n) is 8.48. The molecule has 1 saturated heterocycles. The maximum absolute atomic E-state index is 12.5. The van der Waals surface area contributed by atoms with E-state index < -0.39 is 0 Å². The van der Waals surface area contributed by atoms with Gasteiger partial charge in [-0.05, 0) is 56.4 Å². The molecule has 3 rings (SSSR count). The van der Waals surface area contributed by atoms with Crippen LogP contribution in [0, 0.1) is 0 Å². The lowest BCUT2D eigenvalue weighted by atomic mass is 9.89. The third-order valence-corrected chi connectivity index (χ3v) is 4.95. The lowest BCUT2D eigenvalue weighted by Gasteiger charge is -2.38.